The number of benzene rings is 1. The van der Waals surface area contributed by atoms with Gasteiger partial charge in [0.25, 0.3) is 0 Å². The summed E-state index contributed by atoms with van der Waals surface area (Å²) in [5, 5.41) is 1.14. The third-order valence-electron chi connectivity index (χ3n) is 3.20. The highest BCUT2D eigenvalue weighted by atomic mass is 35.5. The predicted molar refractivity (Wildman–Crippen MR) is 83.0 cm³/mol. The Morgan fingerprint density at radius 2 is 2.11 bits per heavy atom. The van der Waals surface area contributed by atoms with E-state index in [0.717, 1.165) is 40.1 Å². The molecule has 5 heteroatoms. The van der Waals surface area contributed by atoms with Crippen LogP contribution in [0.4, 0.5) is 0 Å². The van der Waals surface area contributed by atoms with Crippen LogP contribution in [0.25, 0.3) is 21.9 Å². The van der Waals surface area contributed by atoms with Gasteiger partial charge >= 0.3 is 0 Å². The lowest BCUT2D eigenvalue weighted by Gasteiger charge is -2.08. The maximum atomic E-state index is 6.02. The number of halogens is 1. The molecule has 98 valence electrons. The van der Waals surface area contributed by atoms with Crippen LogP contribution < -0.4 is 0 Å². The Morgan fingerprint density at radius 1 is 1.26 bits per heavy atom. The van der Waals surface area contributed by atoms with Gasteiger partial charge in [-0.1, -0.05) is 18.2 Å². The number of aromatic nitrogens is 3. The third kappa shape index (κ3) is 2.19. The van der Waals surface area contributed by atoms with E-state index in [1.807, 2.05) is 36.2 Å². The molecule has 0 amide bonds. The Bertz CT molecular complexity index is 723. The smallest absolute Gasteiger partial charge is 0.124 e. The van der Waals surface area contributed by atoms with E-state index in [9.17, 15) is 0 Å². The van der Waals surface area contributed by atoms with Crippen LogP contribution in [0.1, 0.15) is 5.82 Å². The van der Waals surface area contributed by atoms with Crippen molar-refractivity contribution in [2.75, 3.05) is 12.0 Å². The number of alkyl halides is 1. The Morgan fingerprint density at radius 3 is 2.89 bits per heavy atom. The Balaban J connectivity index is 2.32. The van der Waals surface area contributed by atoms with Gasteiger partial charge in [0.1, 0.15) is 11.3 Å². The fraction of sp³-hybridized carbons (Fsp3) is 0.286. The quantitative estimate of drug-likeness (QED) is 0.687. The Labute approximate surface area is 121 Å². The van der Waals surface area contributed by atoms with Crippen LogP contribution in [-0.4, -0.2) is 26.5 Å². The summed E-state index contributed by atoms with van der Waals surface area (Å²) in [6, 6.07) is 8.17. The Kier molecular flexibility index (Phi) is 3.62. The van der Waals surface area contributed by atoms with Crippen LogP contribution in [0, 0.1) is 0 Å². The number of thioether (sulfide) groups is 1. The molecule has 3 nitrogen and oxygen atoms in total. The summed E-state index contributed by atoms with van der Waals surface area (Å²) in [4.78, 5) is 9.05. The first-order valence-corrected chi connectivity index (χ1v) is 8.05. The van der Waals surface area contributed by atoms with Crippen molar-refractivity contribution in [3.8, 4) is 0 Å². The van der Waals surface area contributed by atoms with E-state index in [-0.39, 0.29) is 0 Å². The normalized spacial score (nSPS) is 11.5. The first-order valence-electron chi connectivity index (χ1n) is 6.13. The molecule has 3 aromatic rings. The summed E-state index contributed by atoms with van der Waals surface area (Å²) in [5.41, 5.74) is 3.08. The van der Waals surface area contributed by atoms with Crippen molar-refractivity contribution in [2.24, 2.45) is 0 Å². The van der Waals surface area contributed by atoms with Gasteiger partial charge in [-0.3, -0.25) is 4.98 Å². The lowest BCUT2D eigenvalue weighted by atomic mass is 10.2. The molecule has 0 aliphatic heterocycles. The third-order valence-corrected chi connectivity index (χ3v) is 4.03. The maximum absolute atomic E-state index is 6.02. The van der Waals surface area contributed by atoms with Gasteiger partial charge in [-0.25, -0.2) is 4.98 Å². The zero-order valence-corrected chi connectivity index (χ0v) is 12.2. The standard InChI is InChI=1S/C14H14ClN3S/c1-19-7-6-18-13(8-15)17-12-9-16-11-5-3-2-4-10(11)14(12)18/h2-5,9H,6-8H2,1H3. The minimum Gasteiger partial charge on any atom is -0.326 e. The van der Waals surface area contributed by atoms with E-state index < -0.39 is 0 Å². The summed E-state index contributed by atoms with van der Waals surface area (Å²) in [6.07, 6.45) is 3.95. The van der Waals surface area contributed by atoms with Crippen LogP contribution in [0.5, 0.6) is 0 Å². The monoisotopic (exact) mass is 291 g/mol. The summed E-state index contributed by atoms with van der Waals surface area (Å²) in [6.45, 7) is 0.924. The highest BCUT2D eigenvalue weighted by Gasteiger charge is 2.12. The van der Waals surface area contributed by atoms with E-state index >= 15 is 0 Å². The molecule has 0 saturated heterocycles. The maximum Gasteiger partial charge on any atom is 0.124 e. The highest BCUT2D eigenvalue weighted by Crippen LogP contribution is 2.25. The van der Waals surface area contributed by atoms with Gasteiger partial charge in [-0.15, -0.1) is 11.6 Å². The van der Waals surface area contributed by atoms with E-state index in [4.69, 9.17) is 11.6 Å². The molecule has 2 heterocycles. The van der Waals surface area contributed by atoms with Crippen LogP contribution in [-0.2, 0) is 12.4 Å². The fourth-order valence-corrected chi connectivity index (χ4v) is 2.90. The van der Waals surface area contributed by atoms with Crippen molar-refractivity contribution in [3.63, 3.8) is 0 Å². The van der Waals surface area contributed by atoms with Crippen molar-refractivity contribution in [3.05, 3.63) is 36.3 Å². The Hall–Kier alpha value is -1.26. The van der Waals surface area contributed by atoms with Crippen molar-refractivity contribution in [1.82, 2.24) is 14.5 Å². The van der Waals surface area contributed by atoms with Crippen LogP contribution in [0.3, 0.4) is 0 Å². The zero-order valence-electron chi connectivity index (χ0n) is 10.6. The summed E-state index contributed by atoms with van der Waals surface area (Å²) < 4.78 is 2.23. The van der Waals surface area contributed by atoms with E-state index in [0.29, 0.717) is 5.88 Å². The zero-order chi connectivity index (χ0) is 13.2. The molecule has 0 spiro atoms. The summed E-state index contributed by atoms with van der Waals surface area (Å²) in [5.74, 6) is 2.40. The van der Waals surface area contributed by atoms with E-state index in [1.54, 1.807) is 0 Å². The molecule has 0 bridgehead atoms. The second kappa shape index (κ2) is 5.39. The number of imidazole rings is 1. The van der Waals surface area contributed by atoms with E-state index in [1.165, 1.54) is 0 Å². The second-order valence-electron chi connectivity index (χ2n) is 4.32. The van der Waals surface area contributed by atoms with Crippen LogP contribution in [0.15, 0.2) is 30.5 Å². The van der Waals surface area contributed by atoms with Gasteiger partial charge < -0.3 is 4.57 Å². The highest BCUT2D eigenvalue weighted by molar-refractivity contribution is 7.98. The number of para-hydroxylation sites is 1. The predicted octanol–water partition coefficient (Wildman–Crippen LogP) is 3.69. The van der Waals surface area contributed by atoms with Gasteiger partial charge in [0, 0.05) is 17.7 Å². The second-order valence-corrected chi connectivity index (χ2v) is 5.57. The average Bonchev–Trinajstić information content (AvgIpc) is 2.83. The van der Waals surface area contributed by atoms with Gasteiger partial charge in [-0.05, 0) is 12.3 Å². The number of fused-ring (bicyclic) bond motifs is 3. The minimum absolute atomic E-state index is 0.428. The van der Waals surface area contributed by atoms with Crippen molar-refractivity contribution < 1.29 is 0 Å². The molecule has 0 atom stereocenters. The largest absolute Gasteiger partial charge is 0.326 e. The number of aryl methyl sites for hydroxylation is 1. The van der Waals surface area contributed by atoms with Crippen molar-refractivity contribution in [2.45, 2.75) is 12.4 Å². The number of hydrogen-bond donors (Lipinski definition) is 0. The molecular weight excluding hydrogens is 278 g/mol. The lowest BCUT2D eigenvalue weighted by Crippen LogP contribution is -2.04. The van der Waals surface area contributed by atoms with Crippen molar-refractivity contribution in [1.29, 1.82) is 0 Å². The van der Waals surface area contributed by atoms with E-state index in [2.05, 4.69) is 26.9 Å². The molecule has 2 aromatic heterocycles. The molecule has 0 saturated carbocycles. The van der Waals surface area contributed by atoms with Crippen LogP contribution in [0.2, 0.25) is 0 Å². The van der Waals surface area contributed by atoms with Gasteiger partial charge in [-0.2, -0.15) is 11.8 Å². The van der Waals surface area contributed by atoms with Gasteiger partial charge in [0.2, 0.25) is 0 Å². The minimum atomic E-state index is 0.428. The van der Waals surface area contributed by atoms with Gasteiger partial charge in [0.05, 0.1) is 23.1 Å². The number of hydrogen-bond acceptors (Lipinski definition) is 3. The van der Waals surface area contributed by atoms with Crippen LogP contribution >= 0.6 is 23.4 Å². The van der Waals surface area contributed by atoms with Crippen molar-refractivity contribution >= 4 is 45.3 Å². The molecule has 0 unspecified atom stereocenters. The molecule has 0 aliphatic carbocycles. The number of nitrogens with zero attached hydrogens (tertiary/aromatic N) is 3. The van der Waals surface area contributed by atoms with Gasteiger partial charge in [0.15, 0.2) is 0 Å². The number of rotatable bonds is 4. The molecule has 0 N–H and O–H groups in total. The molecule has 0 aliphatic rings. The summed E-state index contributed by atoms with van der Waals surface area (Å²) in [7, 11) is 0. The fourth-order valence-electron chi connectivity index (χ4n) is 2.34. The molecule has 19 heavy (non-hydrogen) atoms. The number of pyridine rings is 1. The summed E-state index contributed by atoms with van der Waals surface area (Å²) >= 11 is 7.85. The molecule has 0 radical (unpaired) electrons. The lowest BCUT2D eigenvalue weighted by molar-refractivity contribution is 0.757. The first-order chi connectivity index (χ1) is 9.35. The molecule has 3 rings (SSSR count). The molecule has 0 fully saturated rings. The first kappa shape index (κ1) is 12.8. The molecule has 1 aromatic carbocycles. The molecular formula is C14H14ClN3S. The topological polar surface area (TPSA) is 30.7 Å². The average molecular weight is 292 g/mol. The SMILES string of the molecule is CSCCn1c(CCl)nc2cnc3ccccc3c21.